The Morgan fingerprint density at radius 3 is 2.95 bits per heavy atom. The van der Waals surface area contributed by atoms with Gasteiger partial charge < -0.3 is 15.4 Å². The molecule has 0 aromatic heterocycles. The number of piperidine rings is 1. The number of likely N-dealkylation sites (tertiary alicyclic amines) is 1. The van der Waals surface area contributed by atoms with Crippen molar-refractivity contribution in [1.29, 1.82) is 0 Å². The average molecular weight is 303 g/mol. The van der Waals surface area contributed by atoms with Crippen molar-refractivity contribution in [2.45, 2.75) is 18.9 Å². The Morgan fingerprint density at radius 1 is 1.47 bits per heavy atom. The molecule has 0 unspecified atom stereocenters. The fourth-order valence-electron chi connectivity index (χ4n) is 2.06. The van der Waals surface area contributed by atoms with Gasteiger partial charge >= 0.3 is 0 Å². The molecule has 6 heteroatoms. The Morgan fingerprint density at radius 2 is 2.26 bits per heavy atom. The second-order valence-corrected chi connectivity index (χ2v) is 5.45. The molecule has 2 N–H and O–H groups in total. The van der Waals surface area contributed by atoms with Crippen molar-refractivity contribution in [1.82, 2.24) is 4.90 Å². The summed E-state index contributed by atoms with van der Waals surface area (Å²) < 4.78 is 5.42. The highest BCUT2D eigenvalue weighted by Crippen LogP contribution is 2.27. The molecule has 1 saturated heterocycles. The first-order valence-corrected chi connectivity index (χ1v) is 6.93. The Kier molecular flexibility index (Phi) is 4.91. The van der Waals surface area contributed by atoms with Crippen molar-refractivity contribution < 1.29 is 9.53 Å². The molecule has 1 atom stereocenters. The molecule has 2 rings (SSSR count). The van der Waals surface area contributed by atoms with Gasteiger partial charge in [-0.05, 0) is 31.0 Å². The second-order valence-electron chi connectivity index (χ2n) is 4.61. The lowest BCUT2D eigenvalue weighted by atomic mass is 10.1. The van der Waals surface area contributed by atoms with E-state index in [-0.39, 0.29) is 18.6 Å². The summed E-state index contributed by atoms with van der Waals surface area (Å²) in [5, 5.41) is 0.932. The van der Waals surface area contributed by atoms with E-state index in [1.807, 2.05) is 0 Å². The normalized spacial score (nSPS) is 19.3. The summed E-state index contributed by atoms with van der Waals surface area (Å²) in [6, 6.07) is 4.97. The van der Waals surface area contributed by atoms with Gasteiger partial charge in [0.2, 0.25) is 0 Å². The van der Waals surface area contributed by atoms with E-state index in [2.05, 4.69) is 0 Å². The zero-order valence-electron chi connectivity index (χ0n) is 10.4. The van der Waals surface area contributed by atoms with Crippen LogP contribution in [0.2, 0.25) is 10.0 Å². The highest BCUT2D eigenvalue weighted by molar-refractivity contribution is 6.35. The SMILES string of the molecule is N[C@@H]1CCCN(C(=O)COc2ccc(Cl)cc2Cl)C1. The lowest BCUT2D eigenvalue weighted by molar-refractivity contribution is -0.134. The van der Waals surface area contributed by atoms with E-state index in [4.69, 9.17) is 33.7 Å². The molecule has 0 bridgehead atoms. The molecule has 0 saturated carbocycles. The van der Waals surface area contributed by atoms with Gasteiger partial charge in [0.05, 0.1) is 5.02 Å². The molecular formula is C13H16Cl2N2O2. The molecule has 1 aromatic carbocycles. The minimum atomic E-state index is -0.0684. The van der Waals surface area contributed by atoms with E-state index in [0.717, 1.165) is 19.4 Å². The fraction of sp³-hybridized carbons (Fsp3) is 0.462. The molecular weight excluding hydrogens is 287 g/mol. The van der Waals surface area contributed by atoms with Crippen LogP contribution in [0.5, 0.6) is 5.75 Å². The number of amides is 1. The molecule has 1 aliphatic rings. The third-order valence-corrected chi connectivity index (χ3v) is 3.59. The van der Waals surface area contributed by atoms with Crippen LogP contribution >= 0.6 is 23.2 Å². The topological polar surface area (TPSA) is 55.6 Å². The number of nitrogens with zero attached hydrogens (tertiary/aromatic N) is 1. The number of hydrogen-bond donors (Lipinski definition) is 1. The van der Waals surface area contributed by atoms with Gasteiger partial charge in [-0.1, -0.05) is 23.2 Å². The molecule has 0 radical (unpaired) electrons. The number of hydrogen-bond acceptors (Lipinski definition) is 3. The molecule has 1 amide bonds. The molecule has 1 aromatic rings. The lowest BCUT2D eigenvalue weighted by Crippen LogP contribution is -2.47. The Labute approximate surface area is 122 Å². The van der Waals surface area contributed by atoms with Crippen molar-refractivity contribution >= 4 is 29.1 Å². The van der Waals surface area contributed by atoms with Crippen LogP contribution in [-0.2, 0) is 4.79 Å². The maximum absolute atomic E-state index is 12.0. The molecule has 0 aliphatic carbocycles. The molecule has 4 nitrogen and oxygen atoms in total. The van der Waals surface area contributed by atoms with Crippen LogP contribution in [0, 0.1) is 0 Å². The minimum Gasteiger partial charge on any atom is -0.482 e. The van der Waals surface area contributed by atoms with Crippen molar-refractivity contribution in [3.63, 3.8) is 0 Å². The van der Waals surface area contributed by atoms with E-state index in [1.165, 1.54) is 0 Å². The number of carbonyl (C=O) groups is 1. The van der Waals surface area contributed by atoms with Crippen LogP contribution in [0.15, 0.2) is 18.2 Å². The van der Waals surface area contributed by atoms with E-state index < -0.39 is 0 Å². The summed E-state index contributed by atoms with van der Waals surface area (Å²) in [5.74, 6) is 0.391. The third-order valence-electron chi connectivity index (χ3n) is 3.06. The highest BCUT2D eigenvalue weighted by atomic mass is 35.5. The summed E-state index contributed by atoms with van der Waals surface area (Å²) in [6.07, 6.45) is 1.91. The van der Waals surface area contributed by atoms with Crippen LogP contribution in [0.4, 0.5) is 0 Å². The average Bonchev–Trinajstić information content (AvgIpc) is 2.37. The Balaban J connectivity index is 1.89. The second kappa shape index (κ2) is 6.46. The molecule has 1 aliphatic heterocycles. The van der Waals surface area contributed by atoms with Crippen molar-refractivity contribution in [3.8, 4) is 5.75 Å². The zero-order chi connectivity index (χ0) is 13.8. The van der Waals surface area contributed by atoms with Gasteiger partial charge in [0.25, 0.3) is 5.91 Å². The van der Waals surface area contributed by atoms with Gasteiger partial charge in [0.1, 0.15) is 5.75 Å². The number of ether oxygens (including phenoxy) is 1. The van der Waals surface area contributed by atoms with Crippen molar-refractivity contribution in [3.05, 3.63) is 28.2 Å². The quantitative estimate of drug-likeness (QED) is 0.932. The molecule has 1 fully saturated rings. The predicted octanol–water partition coefficient (Wildman–Crippen LogP) is 2.32. The Hall–Kier alpha value is -0.970. The van der Waals surface area contributed by atoms with Crippen LogP contribution in [0.3, 0.4) is 0 Å². The lowest BCUT2D eigenvalue weighted by Gasteiger charge is -2.30. The van der Waals surface area contributed by atoms with E-state index >= 15 is 0 Å². The van der Waals surface area contributed by atoms with Crippen LogP contribution in [0.25, 0.3) is 0 Å². The van der Waals surface area contributed by atoms with Gasteiger partial charge in [-0.15, -0.1) is 0 Å². The Bertz CT molecular complexity index is 468. The standard InChI is InChI=1S/C13H16Cl2N2O2/c14-9-3-4-12(11(15)6-9)19-8-13(18)17-5-1-2-10(16)7-17/h3-4,6,10H,1-2,5,7-8,16H2/t10-/m1/s1. The number of benzene rings is 1. The van der Waals surface area contributed by atoms with Gasteiger partial charge in [0, 0.05) is 24.2 Å². The summed E-state index contributed by atoms with van der Waals surface area (Å²) in [7, 11) is 0. The monoisotopic (exact) mass is 302 g/mol. The number of carbonyl (C=O) groups excluding carboxylic acids is 1. The molecule has 104 valence electrons. The van der Waals surface area contributed by atoms with Crippen molar-refractivity contribution in [2.75, 3.05) is 19.7 Å². The molecule has 1 heterocycles. The smallest absolute Gasteiger partial charge is 0.260 e. The number of nitrogens with two attached hydrogens (primary N) is 1. The maximum Gasteiger partial charge on any atom is 0.260 e. The highest BCUT2D eigenvalue weighted by Gasteiger charge is 2.21. The van der Waals surface area contributed by atoms with Gasteiger partial charge in [-0.25, -0.2) is 0 Å². The summed E-state index contributed by atoms with van der Waals surface area (Å²) in [4.78, 5) is 13.7. The van der Waals surface area contributed by atoms with E-state index in [1.54, 1.807) is 23.1 Å². The minimum absolute atomic E-state index is 0.0337. The van der Waals surface area contributed by atoms with Gasteiger partial charge in [-0.2, -0.15) is 0 Å². The first kappa shape index (κ1) is 14.4. The van der Waals surface area contributed by atoms with Crippen LogP contribution in [-0.4, -0.2) is 36.5 Å². The number of halogens is 2. The first-order chi connectivity index (χ1) is 9.06. The third kappa shape index (κ3) is 4.00. The maximum atomic E-state index is 12.0. The predicted molar refractivity (Wildman–Crippen MR) is 75.7 cm³/mol. The van der Waals surface area contributed by atoms with E-state index in [0.29, 0.717) is 22.3 Å². The summed E-state index contributed by atoms with van der Waals surface area (Å²) in [5.41, 5.74) is 5.84. The summed E-state index contributed by atoms with van der Waals surface area (Å²) >= 11 is 11.8. The van der Waals surface area contributed by atoms with Gasteiger partial charge in [-0.3, -0.25) is 4.79 Å². The molecule has 0 spiro atoms. The summed E-state index contributed by atoms with van der Waals surface area (Å²) in [6.45, 7) is 1.30. The first-order valence-electron chi connectivity index (χ1n) is 6.17. The molecule has 19 heavy (non-hydrogen) atoms. The fourth-order valence-corrected chi connectivity index (χ4v) is 2.52. The van der Waals surface area contributed by atoms with Gasteiger partial charge in [0.15, 0.2) is 6.61 Å². The largest absolute Gasteiger partial charge is 0.482 e. The van der Waals surface area contributed by atoms with Crippen LogP contribution < -0.4 is 10.5 Å². The van der Waals surface area contributed by atoms with E-state index in [9.17, 15) is 4.79 Å². The van der Waals surface area contributed by atoms with Crippen LogP contribution in [0.1, 0.15) is 12.8 Å². The number of rotatable bonds is 3. The zero-order valence-corrected chi connectivity index (χ0v) is 12.0. The van der Waals surface area contributed by atoms with Crippen molar-refractivity contribution in [2.24, 2.45) is 5.73 Å².